The van der Waals surface area contributed by atoms with Gasteiger partial charge in [-0.1, -0.05) is 6.07 Å². The van der Waals surface area contributed by atoms with Gasteiger partial charge in [0.05, 0.1) is 5.70 Å². The topological polar surface area (TPSA) is 65.2 Å². The number of nitrogens with zero attached hydrogens (tertiary/aromatic N) is 1. The van der Waals surface area contributed by atoms with Crippen LogP contribution in [0.1, 0.15) is 18.0 Å². The molecule has 0 saturated carbocycles. The van der Waals surface area contributed by atoms with Gasteiger partial charge in [-0.15, -0.1) is 0 Å². The smallest absolute Gasteiger partial charge is 0.215 e. The number of sulfonamides is 1. The van der Waals surface area contributed by atoms with Crippen LogP contribution in [0.4, 0.5) is 0 Å². The first kappa shape index (κ1) is 8.17. The maximum absolute atomic E-state index is 12.4. The van der Waals surface area contributed by atoms with Crippen LogP contribution < -0.4 is 4.72 Å². The summed E-state index contributed by atoms with van der Waals surface area (Å²) in [6.07, 6.45) is 2.13. The number of nitrogens with one attached hydrogen (secondary N) is 2. The molecule has 0 aliphatic carbocycles. The van der Waals surface area contributed by atoms with Crippen molar-refractivity contribution >= 4 is 20.9 Å². The lowest BCUT2D eigenvalue weighted by atomic mass is 10.1. The van der Waals surface area contributed by atoms with E-state index in [-0.39, 0.29) is 5.56 Å². The van der Waals surface area contributed by atoms with Gasteiger partial charge in [0, 0.05) is 30.5 Å². The molecule has 1 aromatic carbocycles. The highest BCUT2D eigenvalue weighted by Crippen LogP contribution is 2.21. The third-order valence-corrected chi connectivity index (χ3v) is 3.63. The molecule has 1 aromatic heterocycles. The summed E-state index contributed by atoms with van der Waals surface area (Å²) in [4.78, 5) is 3.06. The van der Waals surface area contributed by atoms with Gasteiger partial charge in [0.2, 0.25) is 10.0 Å². The van der Waals surface area contributed by atoms with E-state index >= 15 is 0 Å². The fourth-order valence-corrected chi connectivity index (χ4v) is 2.37. The molecule has 1 heterocycles. The highest BCUT2D eigenvalue weighted by Gasteiger charge is 2.11. The van der Waals surface area contributed by atoms with Crippen LogP contribution >= 0.6 is 0 Å². The molecule has 0 saturated heterocycles. The van der Waals surface area contributed by atoms with Gasteiger partial charge in [-0.25, -0.2) is 13.1 Å². The number of likely N-dealkylation sites (N-methyl/N-ethyl adjacent to an activating group) is 1. The SMILES string of the molecule is [2H]N(C([2H])([2H])[2H])S(=O)(=O)C([2H])([2H])c1ccc2c(c1)c(CCN(C)C)cn2[2H]. The Bertz CT molecular complexity index is 938. The van der Waals surface area contributed by atoms with Crippen molar-refractivity contribution in [3.05, 3.63) is 35.5 Å². The first-order valence-electron chi connectivity index (χ1n) is 9.41. The second-order valence-corrected chi connectivity index (χ2v) is 6.07. The Morgan fingerprint density at radius 2 is 2.35 bits per heavy atom. The molecule has 6 heteroatoms. The van der Waals surface area contributed by atoms with Gasteiger partial charge in [-0.3, -0.25) is 0 Å². The molecule has 0 radical (unpaired) electrons. The zero-order valence-electron chi connectivity index (χ0n) is 18.3. The Kier molecular flexibility index (Phi) is 2.43. The van der Waals surface area contributed by atoms with Crippen molar-refractivity contribution in [3.8, 4) is 0 Å². The minimum absolute atomic E-state index is 0.297. The number of hydrogen-bond acceptors (Lipinski definition) is 3. The maximum atomic E-state index is 12.4. The van der Waals surface area contributed by atoms with Crippen molar-refractivity contribution in [2.75, 3.05) is 27.6 Å². The third kappa shape index (κ3) is 3.59. The van der Waals surface area contributed by atoms with Crippen molar-refractivity contribution in [3.63, 3.8) is 0 Å². The van der Waals surface area contributed by atoms with E-state index in [4.69, 9.17) is 9.68 Å². The molecule has 0 fully saturated rings. The molecular weight excluding hydrogens is 274 g/mol. The second kappa shape index (κ2) is 5.95. The van der Waals surface area contributed by atoms with E-state index in [0.29, 0.717) is 23.9 Å². The Labute approximate surface area is 130 Å². The van der Waals surface area contributed by atoms with E-state index in [1.807, 2.05) is 19.0 Å². The van der Waals surface area contributed by atoms with E-state index in [0.717, 1.165) is 10.5 Å². The monoisotopic (exact) mass is 302 g/mol. The number of benzene rings is 1. The van der Waals surface area contributed by atoms with E-state index in [1.54, 1.807) is 6.20 Å². The number of H-pyrrole nitrogens is 1. The molecule has 0 unspecified atom stereocenters. The molecule has 2 N–H and O–H groups in total. The zero-order chi connectivity index (χ0) is 20.8. The fraction of sp³-hybridized carbons (Fsp3) is 0.429. The minimum Gasteiger partial charge on any atom is -0.361 e. The number of aromatic amines is 1. The van der Waals surface area contributed by atoms with Crippen molar-refractivity contribution in [2.24, 2.45) is 0 Å². The summed E-state index contributed by atoms with van der Waals surface area (Å²) in [5.41, 5.74) is -2.21. The van der Waals surface area contributed by atoms with Gasteiger partial charge >= 0.3 is 0 Å². The number of rotatable bonds is 6. The fourth-order valence-electron chi connectivity index (χ4n) is 1.90. The van der Waals surface area contributed by atoms with Crippen LogP contribution in [-0.4, -0.2) is 45.9 Å². The lowest BCUT2D eigenvalue weighted by Gasteiger charge is -2.08. The molecule has 20 heavy (non-hydrogen) atoms. The minimum atomic E-state index is -5.14. The standard InChI is InChI=1S/C14H21N3O2S/c1-15-20(18,19)10-11-4-5-14-13(8-11)12(9-16-14)6-7-17(2)3/h4-5,8-9,15-16H,6-7,10H2,1-3H3/i1D3,10D2/hD2. The summed E-state index contributed by atoms with van der Waals surface area (Å²) in [6, 6.07) is 3.90. The Balaban J connectivity index is 2.56. The van der Waals surface area contributed by atoms with Gasteiger partial charge < -0.3 is 9.88 Å². The molecule has 0 spiro atoms. The predicted octanol–water partition coefficient (Wildman–Crippen LogP) is 1.32. The summed E-state index contributed by atoms with van der Waals surface area (Å²) in [5.74, 6) is 0. The number of aromatic nitrogens is 1. The van der Waals surface area contributed by atoms with Gasteiger partial charge in [0.25, 0.3) is 0 Å². The quantitative estimate of drug-likeness (QED) is 0.846. The summed E-state index contributed by atoms with van der Waals surface area (Å²) in [7, 11) is -1.37. The van der Waals surface area contributed by atoms with Crippen molar-refractivity contribution in [2.45, 2.75) is 12.1 Å². The van der Waals surface area contributed by atoms with E-state index in [9.17, 15) is 8.42 Å². The normalized spacial score (nSPS) is 19.1. The highest BCUT2D eigenvalue weighted by atomic mass is 32.2. The maximum Gasteiger partial charge on any atom is 0.215 e. The highest BCUT2D eigenvalue weighted by molar-refractivity contribution is 7.88. The molecule has 0 aliphatic heterocycles. The third-order valence-electron chi connectivity index (χ3n) is 2.90. The van der Waals surface area contributed by atoms with Crippen LogP contribution in [0.25, 0.3) is 10.9 Å². The zero-order valence-corrected chi connectivity index (χ0v) is 12.1. The van der Waals surface area contributed by atoms with Gasteiger partial charge in [0.15, 0.2) is 1.41 Å². The summed E-state index contributed by atoms with van der Waals surface area (Å²) in [5, 5.41) is 0.508. The molecule has 0 amide bonds. The van der Waals surface area contributed by atoms with Crippen molar-refractivity contribution in [1.82, 2.24) is 14.6 Å². The van der Waals surface area contributed by atoms with Crippen molar-refractivity contribution < 1.29 is 18.1 Å². The van der Waals surface area contributed by atoms with Gasteiger partial charge in [-0.2, -0.15) is 0 Å². The summed E-state index contributed by atoms with van der Waals surface area (Å²) >= 11 is 0. The average Bonchev–Trinajstić information content (AvgIpc) is 2.86. The molecule has 0 aliphatic rings. The number of hydrogen-bond donors (Lipinski definition) is 2. The van der Waals surface area contributed by atoms with E-state index in [1.165, 1.54) is 18.2 Å². The molecule has 2 aromatic rings. The van der Waals surface area contributed by atoms with E-state index < -0.39 is 27.4 Å². The largest absolute Gasteiger partial charge is 0.361 e. The van der Waals surface area contributed by atoms with Gasteiger partial charge in [0.1, 0.15) is 1.41 Å². The van der Waals surface area contributed by atoms with Crippen LogP contribution in [-0.2, 0) is 22.1 Å². The Morgan fingerprint density at radius 1 is 1.55 bits per heavy atom. The van der Waals surface area contributed by atoms with Crippen LogP contribution in [0.5, 0.6) is 0 Å². The van der Waals surface area contributed by atoms with E-state index in [2.05, 4.69) is 0 Å². The Hall–Kier alpha value is -1.37. The molecular formula is C14H21N3O2S. The molecule has 5 nitrogen and oxygen atoms in total. The lowest BCUT2D eigenvalue weighted by molar-refractivity contribution is 0.414. The van der Waals surface area contributed by atoms with Crippen LogP contribution in [0.15, 0.2) is 24.4 Å². The van der Waals surface area contributed by atoms with Crippen molar-refractivity contribution in [1.29, 1.82) is 0 Å². The van der Waals surface area contributed by atoms with Gasteiger partial charge in [-0.05, 0) is 50.8 Å². The number of fused-ring (bicyclic) bond motifs is 1. The van der Waals surface area contributed by atoms with Crippen LogP contribution in [0.2, 0.25) is 2.82 Å². The molecule has 2 rings (SSSR count). The predicted molar refractivity (Wildman–Crippen MR) is 82.2 cm³/mol. The first-order chi connectivity index (χ1) is 12.2. The average molecular weight is 302 g/mol. The second-order valence-electron chi connectivity index (χ2n) is 4.74. The summed E-state index contributed by atoms with van der Waals surface area (Å²) < 4.78 is 76.7. The molecule has 0 bridgehead atoms. The Morgan fingerprint density at radius 3 is 3.05 bits per heavy atom. The van der Waals surface area contributed by atoms with Crippen LogP contribution in [0, 0.1) is 0 Å². The lowest BCUT2D eigenvalue weighted by Crippen LogP contribution is -2.20. The summed E-state index contributed by atoms with van der Waals surface area (Å²) in [6.45, 7) is -2.65. The molecule has 0 atom stereocenters. The van der Waals surface area contributed by atoms with Crippen LogP contribution in [0.3, 0.4) is 0 Å². The first-order valence-corrected chi connectivity index (χ1v) is 7.46. The molecule has 110 valence electrons.